The molecule has 0 aliphatic carbocycles. The Bertz CT molecular complexity index is 1190. The molecule has 2 aliphatic rings. The summed E-state index contributed by atoms with van der Waals surface area (Å²) in [7, 11) is -4.01. The van der Waals surface area contributed by atoms with Crippen molar-refractivity contribution >= 4 is 44.3 Å². The summed E-state index contributed by atoms with van der Waals surface area (Å²) in [5, 5.41) is 4.45. The predicted molar refractivity (Wildman–Crippen MR) is 122 cm³/mol. The Labute approximate surface area is 185 Å². The first-order valence-corrected chi connectivity index (χ1v) is 12.0. The summed E-state index contributed by atoms with van der Waals surface area (Å²) in [6, 6.07) is 14.1. The number of hydrogen-bond donors (Lipinski definition) is 1. The lowest BCUT2D eigenvalue weighted by molar-refractivity contribution is -0.117. The maximum atomic E-state index is 12.9. The lowest BCUT2D eigenvalue weighted by atomic mass is 10.1. The Morgan fingerprint density at radius 2 is 1.97 bits per heavy atom. The molecule has 0 aromatic heterocycles. The summed E-state index contributed by atoms with van der Waals surface area (Å²) < 4.78 is 35.6. The summed E-state index contributed by atoms with van der Waals surface area (Å²) in [5.41, 5.74) is 4.35. The number of rotatable bonds is 3. The number of hydrazone groups is 1. The van der Waals surface area contributed by atoms with Gasteiger partial charge in [0.25, 0.3) is 10.0 Å². The number of thioether (sulfide) groups is 1. The number of carbonyl (C=O) groups is 1. The number of benzene rings is 2. The number of hydrogen-bond acceptors (Lipinski definition) is 6. The fraction of sp³-hybridized carbons (Fsp3) is 0.286. The molecule has 0 unspecified atom stereocenters. The molecule has 0 saturated heterocycles. The van der Waals surface area contributed by atoms with Crippen LogP contribution < -0.4 is 15.1 Å². The van der Waals surface area contributed by atoms with Crippen molar-refractivity contribution in [3.8, 4) is 5.75 Å². The van der Waals surface area contributed by atoms with Crippen molar-refractivity contribution in [1.82, 2.24) is 5.43 Å². The van der Waals surface area contributed by atoms with Crippen LogP contribution in [0, 0.1) is 0 Å². The van der Waals surface area contributed by atoms with Crippen LogP contribution in [0.3, 0.4) is 0 Å². The largest absolute Gasteiger partial charge is 0.484 e. The molecule has 0 fully saturated rings. The van der Waals surface area contributed by atoms with Crippen LogP contribution in [0.1, 0.15) is 26.3 Å². The number of carbonyl (C=O) groups excluding carboxylic acids is 1. The van der Waals surface area contributed by atoms with Gasteiger partial charge in [0.05, 0.1) is 22.8 Å². The number of anilines is 1. The minimum Gasteiger partial charge on any atom is -0.484 e. The molecule has 162 valence electrons. The van der Waals surface area contributed by atoms with Crippen molar-refractivity contribution in [2.75, 3.05) is 17.2 Å². The zero-order valence-corrected chi connectivity index (χ0v) is 19.0. The highest BCUT2D eigenvalue weighted by molar-refractivity contribution is 8.15. The van der Waals surface area contributed by atoms with Crippen molar-refractivity contribution in [3.63, 3.8) is 0 Å². The number of fused-ring (bicyclic) bond motifs is 1. The van der Waals surface area contributed by atoms with Gasteiger partial charge in [0, 0.05) is 12.7 Å². The quantitative estimate of drug-likeness (QED) is 0.759. The average molecular weight is 459 g/mol. The van der Waals surface area contributed by atoms with E-state index in [-0.39, 0.29) is 16.0 Å². The summed E-state index contributed by atoms with van der Waals surface area (Å²) in [6.45, 7) is 5.51. The Kier molecular flexibility index (Phi) is 5.52. The Morgan fingerprint density at radius 3 is 2.61 bits per heavy atom. The van der Waals surface area contributed by atoms with Crippen LogP contribution in [-0.2, 0) is 14.8 Å². The van der Waals surface area contributed by atoms with Crippen LogP contribution in [0.4, 0.5) is 5.69 Å². The van der Waals surface area contributed by atoms with Gasteiger partial charge >= 0.3 is 0 Å². The molecule has 1 N–H and O–H groups in total. The third kappa shape index (κ3) is 4.59. The minimum absolute atomic E-state index is 0.0199. The summed E-state index contributed by atoms with van der Waals surface area (Å²) >= 11 is 1.26. The average Bonchev–Trinajstić information content (AvgIpc) is 2.73. The van der Waals surface area contributed by atoms with Gasteiger partial charge in [-0.25, -0.2) is 0 Å². The Balaban J connectivity index is 1.61. The molecular formula is C21H22N4O4S2. The van der Waals surface area contributed by atoms with Crippen molar-refractivity contribution in [2.45, 2.75) is 31.3 Å². The van der Waals surface area contributed by atoms with Crippen LogP contribution in [0.25, 0.3) is 0 Å². The molecule has 2 aromatic carbocycles. The molecule has 0 atom stereocenters. The normalized spacial score (nSPS) is 19.1. The molecule has 0 radical (unpaired) electrons. The lowest BCUT2D eigenvalue weighted by Gasteiger charge is -2.39. The van der Waals surface area contributed by atoms with Gasteiger partial charge < -0.3 is 9.64 Å². The van der Waals surface area contributed by atoms with E-state index in [1.165, 1.54) is 35.7 Å². The smallest absolute Gasteiger partial charge is 0.284 e. The molecule has 8 nitrogen and oxygen atoms in total. The van der Waals surface area contributed by atoms with Gasteiger partial charge in [-0.2, -0.15) is 13.5 Å². The van der Waals surface area contributed by atoms with E-state index in [0.717, 1.165) is 11.3 Å². The van der Waals surface area contributed by atoms with Crippen molar-refractivity contribution in [1.29, 1.82) is 0 Å². The standard InChI is InChI=1S/C21H22N4O4S2/c1-14(26)25-13-21(2,3)29-19-10-9-16(11-18(19)25)31(27,28)24-20-23-22-17(12-30-20)15-7-5-4-6-8-15/h4-11H,12-13H2,1-3H3,(H,23,24). The van der Waals surface area contributed by atoms with Crippen molar-refractivity contribution in [2.24, 2.45) is 9.50 Å². The highest BCUT2D eigenvalue weighted by Gasteiger charge is 2.34. The van der Waals surface area contributed by atoms with Crippen LogP contribution >= 0.6 is 11.8 Å². The number of ether oxygens (including phenoxy) is 1. The molecule has 2 aromatic rings. The SMILES string of the molecule is CC(=O)N1CC(C)(C)Oc2ccc(S(=O)(=O)/N=C3\NN=C(c4ccccc4)CS3)cc21. The highest BCUT2D eigenvalue weighted by Crippen LogP contribution is 2.39. The number of nitrogens with one attached hydrogen (secondary N) is 1. The van der Waals surface area contributed by atoms with E-state index >= 15 is 0 Å². The second-order valence-electron chi connectivity index (χ2n) is 7.79. The van der Waals surface area contributed by atoms with Crippen molar-refractivity contribution < 1.29 is 17.9 Å². The van der Waals surface area contributed by atoms with Crippen molar-refractivity contribution in [3.05, 3.63) is 54.1 Å². The van der Waals surface area contributed by atoms with E-state index in [2.05, 4.69) is 14.9 Å². The lowest BCUT2D eigenvalue weighted by Crippen LogP contribution is -2.48. The first-order valence-electron chi connectivity index (χ1n) is 9.62. The fourth-order valence-electron chi connectivity index (χ4n) is 3.34. The van der Waals surface area contributed by atoms with Crippen LogP contribution in [0.15, 0.2) is 62.9 Å². The van der Waals surface area contributed by atoms with Gasteiger partial charge in [-0.3, -0.25) is 10.2 Å². The van der Waals surface area contributed by atoms with E-state index in [1.54, 1.807) is 6.07 Å². The molecule has 0 bridgehead atoms. The predicted octanol–water partition coefficient (Wildman–Crippen LogP) is 3.00. The maximum Gasteiger partial charge on any atom is 0.284 e. The van der Waals surface area contributed by atoms with Gasteiger partial charge in [-0.1, -0.05) is 42.1 Å². The maximum absolute atomic E-state index is 12.9. The zero-order valence-electron chi connectivity index (χ0n) is 17.3. The highest BCUT2D eigenvalue weighted by atomic mass is 32.2. The third-order valence-corrected chi connectivity index (χ3v) is 7.03. The summed E-state index contributed by atoms with van der Waals surface area (Å²) in [4.78, 5) is 13.6. The molecule has 2 heterocycles. The fourth-order valence-corrected chi connectivity index (χ4v) is 5.32. The molecular weight excluding hydrogens is 436 g/mol. The topological polar surface area (TPSA) is 100 Å². The molecule has 4 rings (SSSR count). The number of sulfonamides is 1. The van der Waals surface area contributed by atoms with E-state index in [9.17, 15) is 13.2 Å². The molecule has 0 saturated carbocycles. The monoisotopic (exact) mass is 458 g/mol. The minimum atomic E-state index is -4.01. The van der Waals surface area contributed by atoms with E-state index in [4.69, 9.17) is 4.74 Å². The van der Waals surface area contributed by atoms with E-state index < -0.39 is 15.6 Å². The van der Waals surface area contributed by atoms with Gasteiger partial charge in [0.1, 0.15) is 11.4 Å². The van der Waals surface area contributed by atoms with Crippen LogP contribution in [0.2, 0.25) is 0 Å². The van der Waals surface area contributed by atoms with Gasteiger partial charge in [-0.05, 0) is 37.6 Å². The second kappa shape index (κ2) is 8.01. The molecule has 31 heavy (non-hydrogen) atoms. The second-order valence-corrected chi connectivity index (χ2v) is 10.4. The van der Waals surface area contributed by atoms with E-state index in [0.29, 0.717) is 23.7 Å². The van der Waals surface area contributed by atoms with Gasteiger partial charge in [0.15, 0.2) is 5.17 Å². The number of amidine groups is 1. The van der Waals surface area contributed by atoms with Crippen LogP contribution in [0.5, 0.6) is 5.75 Å². The zero-order chi connectivity index (χ0) is 22.2. The Hall–Kier alpha value is -2.85. The van der Waals surface area contributed by atoms with Gasteiger partial charge in [-0.15, -0.1) is 4.40 Å². The third-order valence-electron chi connectivity index (χ3n) is 4.77. The van der Waals surface area contributed by atoms with Crippen LogP contribution in [-0.4, -0.2) is 43.1 Å². The summed E-state index contributed by atoms with van der Waals surface area (Å²) in [5.74, 6) is 0.766. The molecule has 10 heteroatoms. The number of amides is 1. The molecule has 1 amide bonds. The summed E-state index contributed by atoms with van der Waals surface area (Å²) in [6.07, 6.45) is 0. The Morgan fingerprint density at radius 1 is 1.23 bits per heavy atom. The first-order chi connectivity index (χ1) is 14.6. The first kappa shape index (κ1) is 21.4. The van der Waals surface area contributed by atoms with Gasteiger partial charge in [0.2, 0.25) is 5.91 Å². The molecule has 2 aliphatic heterocycles. The van der Waals surface area contributed by atoms with E-state index in [1.807, 2.05) is 44.2 Å². The molecule has 0 spiro atoms. The number of nitrogens with zero attached hydrogens (tertiary/aromatic N) is 3.